The molecule has 0 heterocycles. The van der Waals surface area contributed by atoms with E-state index in [0.29, 0.717) is 22.7 Å². The molecule has 2 N–H and O–H groups in total. The summed E-state index contributed by atoms with van der Waals surface area (Å²) >= 11 is 0. The highest BCUT2D eigenvalue weighted by atomic mass is 16.5. The Labute approximate surface area is 179 Å². The van der Waals surface area contributed by atoms with Crippen molar-refractivity contribution in [1.29, 1.82) is 0 Å². The number of amides is 2. The van der Waals surface area contributed by atoms with Crippen LogP contribution in [0.4, 0.5) is 5.69 Å². The molecule has 2 amide bonds. The molecule has 0 aliphatic heterocycles. The molecular formula is C24H32N2O4. The Morgan fingerprint density at radius 2 is 1.57 bits per heavy atom. The van der Waals surface area contributed by atoms with Crippen molar-refractivity contribution in [3.63, 3.8) is 0 Å². The van der Waals surface area contributed by atoms with Crippen molar-refractivity contribution < 1.29 is 19.1 Å². The number of ether oxygens (including phenoxy) is 2. The van der Waals surface area contributed by atoms with Gasteiger partial charge in [0.1, 0.15) is 17.5 Å². The molecule has 162 valence electrons. The molecule has 0 fully saturated rings. The normalized spacial score (nSPS) is 12.3. The van der Waals surface area contributed by atoms with Gasteiger partial charge in [0.05, 0.1) is 19.9 Å². The van der Waals surface area contributed by atoms with Crippen molar-refractivity contribution >= 4 is 17.5 Å². The molecule has 6 heteroatoms. The third kappa shape index (κ3) is 5.75. The zero-order chi connectivity index (χ0) is 22.5. The van der Waals surface area contributed by atoms with Crippen LogP contribution in [0.25, 0.3) is 0 Å². The van der Waals surface area contributed by atoms with E-state index in [2.05, 4.69) is 31.4 Å². The highest BCUT2D eigenvalue weighted by Crippen LogP contribution is 2.31. The number of benzene rings is 2. The third-order valence-electron chi connectivity index (χ3n) is 4.91. The van der Waals surface area contributed by atoms with Gasteiger partial charge in [-0.3, -0.25) is 9.59 Å². The lowest BCUT2D eigenvalue weighted by atomic mass is 9.86. The zero-order valence-corrected chi connectivity index (χ0v) is 18.8. The maximum Gasteiger partial charge on any atom is 0.251 e. The van der Waals surface area contributed by atoms with Gasteiger partial charge in [0, 0.05) is 5.56 Å². The van der Waals surface area contributed by atoms with Crippen molar-refractivity contribution in [3.8, 4) is 11.5 Å². The number of hydrogen-bond donors (Lipinski definition) is 2. The summed E-state index contributed by atoms with van der Waals surface area (Å²) in [7, 11) is 3.13. The van der Waals surface area contributed by atoms with Gasteiger partial charge in [-0.1, -0.05) is 40.7 Å². The fourth-order valence-corrected chi connectivity index (χ4v) is 2.98. The monoisotopic (exact) mass is 412 g/mol. The Bertz CT molecular complexity index is 883. The van der Waals surface area contributed by atoms with E-state index in [0.717, 1.165) is 5.56 Å². The molecule has 2 aromatic rings. The van der Waals surface area contributed by atoms with E-state index in [1.54, 1.807) is 38.5 Å². The van der Waals surface area contributed by atoms with Gasteiger partial charge in [-0.15, -0.1) is 0 Å². The highest BCUT2D eigenvalue weighted by Gasteiger charge is 2.26. The Morgan fingerprint density at radius 3 is 2.07 bits per heavy atom. The first-order valence-electron chi connectivity index (χ1n) is 10.0. The molecule has 30 heavy (non-hydrogen) atoms. The fourth-order valence-electron chi connectivity index (χ4n) is 2.98. The second-order valence-electron chi connectivity index (χ2n) is 8.58. The summed E-state index contributed by atoms with van der Waals surface area (Å²) in [5, 5.41) is 5.77. The lowest BCUT2D eigenvalue weighted by Gasteiger charge is -2.24. The molecule has 0 spiro atoms. The quantitative estimate of drug-likeness (QED) is 0.707. The Balaban J connectivity index is 2.22. The largest absolute Gasteiger partial charge is 0.497 e. The van der Waals surface area contributed by atoms with Crippen molar-refractivity contribution in [3.05, 3.63) is 53.6 Å². The second kappa shape index (κ2) is 9.65. The van der Waals surface area contributed by atoms with Crippen LogP contribution in [0.5, 0.6) is 11.5 Å². The van der Waals surface area contributed by atoms with Crippen LogP contribution < -0.4 is 20.1 Å². The lowest BCUT2D eigenvalue weighted by molar-refractivity contribution is -0.118. The van der Waals surface area contributed by atoms with Crippen LogP contribution in [0.2, 0.25) is 0 Å². The number of methoxy groups -OCH3 is 2. The third-order valence-corrected chi connectivity index (χ3v) is 4.91. The van der Waals surface area contributed by atoms with E-state index in [-0.39, 0.29) is 23.1 Å². The van der Waals surface area contributed by atoms with Crippen LogP contribution in [0.1, 0.15) is 50.5 Å². The predicted molar refractivity (Wildman–Crippen MR) is 119 cm³/mol. The molecule has 0 aliphatic carbocycles. The molecule has 0 radical (unpaired) electrons. The topological polar surface area (TPSA) is 76.7 Å². The molecule has 0 saturated carbocycles. The summed E-state index contributed by atoms with van der Waals surface area (Å²) in [6.45, 7) is 10.1. The molecule has 1 atom stereocenters. The molecule has 0 saturated heterocycles. The number of nitrogens with one attached hydrogen (secondary N) is 2. The predicted octanol–water partition coefficient (Wildman–Crippen LogP) is 4.39. The minimum Gasteiger partial charge on any atom is -0.497 e. The van der Waals surface area contributed by atoms with Gasteiger partial charge in [-0.05, 0) is 53.3 Å². The van der Waals surface area contributed by atoms with Gasteiger partial charge in [0.15, 0.2) is 0 Å². The van der Waals surface area contributed by atoms with E-state index < -0.39 is 6.04 Å². The molecule has 0 bridgehead atoms. The number of carbonyl (C=O) groups excluding carboxylic acids is 2. The average molecular weight is 413 g/mol. The van der Waals surface area contributed by atoms with Gasteiger partial charge >= 0.3 is 0 Å². The van der Waals surface area contributed by atoms with Gasteiger partial charge in [-0.2, -0.15) is 0 Å². The minimum absolute atomic E-state index is 0.0776. The van der Waals surface area contributed by atoms with Crippen molar-refractivity contribution in [2.24, 2.45) is 5.92 Å². The van der Waals surface area contributed by atoms with E-state index in [1.807, 2.05) is 32.0 Å². The smallest absolute Gasteiger partial charge is 0.251 e. The molecule has 2 rings (SSSR count). The number of anilines is 1. The SMILES string of the molecule is COc1ccc(C(=O)N[C@H](C(=O)Nc2cc(C(C)(C)C)ccc2OC)C(C)C)cc1. The first-order chi connectivity index (χ1) is 14.1. The lowest BCUT2D eigenvalue weighted by Crippen LogP contribution is -2.47. The van der Waals surface area contributed by atoms with Crippen LogP contribution in [-0.2, 0) is 10.2 Å². The number of carbonyl (C=O) groups is 2. The average Bonchev–Trinajstić information content (AvgIpc) is 2.70. The van der Waals surface area contributed by atoms with Crippen molar-refractivity contribution in [2.45, 2.75) is 46.1 Å². The molecule has 6 nitrogen and oxygen atoms in total. The maximum atomic E-state index is 13.0. The van der Waals surface area contributed by atoms with Crippen LogP contribution >= 0.6 is 0 Å². The van der Waals surface area contributed by atoms with E-state index in [1.165, 1.54) is 0 Å². The Hall–Kier alpha value is -3.02. The molecule has 0 unspecified atom stereocenters. The first kappa shape index (κ1) is 23.3. The van der Waals surface area contributed by atoms with Crippen LogP contribution in [-0.4, -0.2) is 32.1 Å². The second-order valence-corrected chi connectivity index (χ2v) is 8.58. The van der Waals surface area contributed by atoms with Crippen LogP contribution in [0.3, 0.4) is 0 Å². The summed E-state index contributed by atoms with van der Waals surface area (Å²) in [6, 6.07) is 11.8. The Morgan fingerprint density at radius 1 is 0.933 bits per heavy atom. The number of rotatable bonds is 7. The standard InChI is InChI=1S/C24H32N2O4/c1-15(2)21(26-22(27)16-8-11-18(29-6)12-9-16)23(28)25-19-14-17(24(3,4)5)10-13-20(19)30-7/h8-15,21H,1-7H3,(H,25,28)(H,26,27)/t21-/m0/s1. The van der Waals surface area contributed by atoms with Gasteiger partial charge in [0.25, 0.3) is 5.91 Å². The molecular weight excluding hydrogens is 380 g/mol. The van der Waals surface area contributed by atoms with Crippen molar-refractivity contribution in [1.82, 2.24) is 5.32 Å². The number of hydrogen-bond acceptors (Lipinski definition) is 4. The van der Waals surface area contributed by atoms with Crippen molar-refractivity contribution in [2.75, 3.05) is 19.5 Å². The van der Waals surface area contributed by atoms with Gasteiger partial charge in [0.2, 0.25) is 5.91 Å². The molecule has 0 aromatic heterocycles. The van der Waals surface area contributed by atoms with E-state index >= 15 is 0 Å². The molecule has 2 aromatic carbocycles. The van der Waals surface area contributed by atoms with Crippen LogP contribution in [0, 0.1) is 5.92 Å². The summed E-state index contributed by atoms with van der Waals surface area (Å²) in [5.74, 6) is 0.512. The minimum atomic E-state index is -0.706. The Kier molecular flexibility index (Phi) is 7.48. The molecule has 0 aliphatic rings. The zero-order valence-electron chi connectivity index (χ0n) is 18.8. The van der Waals surface area contributed by atoms with E-state index in [9.17, 15) is 9.59 Å². The van der Waals surface area contributed by atoms with Gasteiger partial charge < -0.3 is 20.1 Å². The summed E-state index contributed by atoms with van der Waals surface area (Å²) in [6.07, 6.45) is 0. The summed E-state index contributed by atoms with van der Waals surface area (Å²) in [4.78, 5) is 25.7. The van der Waals surface area contributed by atoms with Gasteiger partial charge in [-0.25, -0.2) is 0 Å². The highest BCUT2D eigenvalue weighted by molar-refractivity contribution is 6.02. The fraction of sp³-hybridized carbons (Fsp3) is 0.417. The van der Waals surface area contributed by atoms with Crippen LogP contribution in [0.15, 0.2) is 42.5 Å². The summed E-state index contributed by atoms with van der Waals surface area (Å²) in [5.41, 5.74) is 2.04. The maximum absolute atomic E-state index is 13.0. The summed E-state index contributed by atoms with van der Waals surface area (Å²) < 4.78 is 10.5. The first-order valence-corrected chi connectivity index (χ1v) is 10.0. The van der Waals surface area contributed by atoms with E-state index in [4.69, 9.17) is 9.47 Å².